The van der Waals surface area contributed by atoms with E-state index in [2.05, 4.69) is 20.8 Å². The third-order valence-electron chi connectivity index (χ3n) is 4.21. The van der Waals surface area contributed by atoms with Gasteiger partial charge in [0.25, 0.3) is 5.91 Å². The average Bonchev–Trinajstić information content (AvgIpc) is 3.28. The Morgan fingerprint density at radius 2 is 1.37 bits per heavy atom. The minimum Gasteiger partial charge on any atom is -0.455 e. The zero-order chi connectivity index (χ0) is 20.6. The van der Waals surface area contributed by atoms with Crippen LogP contribution in [-0.2, 0) is 0 Å². The van der Waals surface area contributed by atoms with E-state index in [0.717, 1.165) is 16.9 Å². The number of carbonyl (C=O) groups is 1. The van der Waals surface area contributed by atoms with E-state index in [1.54, 1.807) is 30.3 Å². The summed E-state index contributed by atoms with van der Waals surface area (Å²) in [5, 5.41) is 12.4. The first-order chi connectivity index (χ1) is 14.8. The Morgan fingerprint density at radius 1 is 0.733 bits per heavy atom. The maximum absolute atomic E-state index is 12.0. The molecule has 0 fully saturated rings. The molecule has 3 aromatic carbocycles. The molecule has 4 rings (SSSR count). The average molecular weight is 394 g/mol. The van der Waals surface area contributed by atoms with Gasteiger partial charge in [0.05, 0.1) is 17.6 Å². The Bertz CT molecular complexity index is 1160. The second-order valence-corrected chi connectivity index (χ2v) is 6.35. The molecule has 0 aliphatic rings. The van der Waals surface area contributed by atoms with Crippen LogP contribution in [-0.4, -0.2) is 12.1 Å². The highest BCUT2D eigenvalue weighted by molar-refractivity contribution is 5.94. The van der Waals surface area contributed by atoms with Crippen LogP contribution in [0.5, 0.6) is 0 Å². The predicted octanol–water partition coefficient (Wildman–Crippen LogP) is 6.13. The van der Waals surface area contributed by atoms with Gasteiger partial charge in [-0.05, 0) is 60.7 Å². The summed E-state index contributed by atoms with van der Waals surface area (Å²) in [6.07, 6.45) is 1.47. The van der Waals surface area contributed by atoms with E-state index >= 15 is 0 Å². The van der Waals surface area contributed by atoms with Crippen molar-refractivity contribution in [1.29, 1.82) is 0 Å². The van der Waals surface area contributed by atoms with Crippen LogP contribution in [0, 0.1) is 0 Å². The molecule has 30 heavy (non-hydrogen) atoms. The molecule has 0 radical (unpaired) electrons. The lowest BCUT2D eigenvalue weighted by molar-refractivity contribution is 0.0955. The van der Waals surface area contributed by atoms with Gasteiger partial charge in [-0.3, -0.25) is 4.79 Å². The molecule has 1 aromatic heterocycles. The van der Waals surface area contributed by atoms with Gasteiger partial charge in [-0.1, -0.05) is 36.4 Å². The quantitative estimate of drug-likeness (QED) is 0.243. The number of amides is 1. The van der Waals surface area contributed by atoms with Crippen LogP contribution in [0.15, 0.2) is 117 Å². The van der Waals surface area contributed by atoms with Gasteiger partial charge in [-0.2, -0.15) is 15.3 Å². The first kappa shape index (κ1) is 19.0. The van der Waals surface area contributed by atoms with Crippen LogP contribution < -0.4 is 5.43 Å². The second-order valence-electron chi connectivity index (χ2n) is 6.35. The molecule has 0 aliphatic carbocycles. The standard InChI is InChI=1S/C24H18N4O2/c29-24(19-7-3-1-4-8-19)28-25-17-22-15-16-23(30-22)18-11-13-21(14-12-18)27-26-20-9-5-2-6-10-20/h1-17H,(H,28,29). The van der Waals surface area contributed by atoms with Crippen molar-refractivity contribution >= 4 is 23.5 Å². The molecule has 0 saturated heterocycles. The fraction of sp³-hybridized carbons (Fsp3) is 0. The fourth-order valence-electron chi connectivity index (χ4n) is 2.69. The van der Waals surface area contributed by atoms with Gasteiger partial charge in [0.15, 0.2) is 0 Å². The summed E-state index contributed by atoms with van der Waals surface area (Å²) >= 11 is 0. The largest absolute Gasteiger partial charge is 0.455 e. The number of nitrogens with one attached hydrogen (secondary N) is 1. The molecule has 0 spiro atoms. The molecule has 6 heteroatoms. The molecule has 1 heterocycles. The van der Waals surface area contributed by atoms with Crippen molar-refractivity contribution in [1.82, 2.24) is 5.43 Å². The van der Waals surface area contributed by atoms with Crippen LogP contribution in [0.1, 0.15) is 16.1 Å². The zero-order valence-electron chi connectivity index (χ0n) is 16.0. The van der Waals surface area contributed by atoms with E-state index < -0.39 is 0 Å². The van der Waals surface area contributed by atoms with E-state index in [1.165, 1.54) is 6.21 Å². The topological polar surface area (TPSA) is 79.3 Å². The number of hydrogen-bond acceptors (Lipinski definition) is 5. The number of hydrogen-bond donors (Lipinski definition) is 1. The van der Waals surface area contributed by atoms with Gasteiger partial charge in [-0.25, -0.2) is 5.43 Å². The summed E-state index contributed by atoms with van der Waals surface area (Å²) in [5.41, 5.74) is 5.48. The molecule has 1 amide bonds. The minimum atomic E-state index is -0.279. The Labute approximate surface area is 173 Å². The highest BCUT2D eigenvalue weighted by atomic mass is 16.3. The smallest absolute Gasteiger partial charge is 0.271 e. The lowest BCUT2D eigenvalue weighted by atomic mass is 10.1. The monoisotopic (exact) mass is 394 g/mol. The SMILES string of the molecule is O=C(NN=Cc1ccc(-c2ccc(N=Nc3ccccc3)cc2)o1)c1ccccc1. The molecule has 4 aromatic rings. The normalized spacial score (nSPS) is 11.2. The summed E-state index contributed by atoms with van der Waals surface area (Å²) in [6.45, 7) is 0. The van der Waals surface area contributed by atoms with E-state index in [0.29, 0.717) is 17.1 Å². The molecule has 0 bridgehead atoms. The molecule has 1 N–H and O–H groups in total. The van der Waals surface area contributed by atoms with Crippen molar-refractivity contribution in [2.75, 3.05) is 0 Å². The van der Waals surface area contributed by atoms with E-state index in [1.807, 2.05) is 66.7 Å². The van der Waals surface area contributed by atoms with Gasteiger partial charge < -0.3 is 4.42 Å². The van der Waals surface area contributed by atoms with E-state index in [4.69, 9.17) is 4.42 Å². The third kappa shape index (κ3) is 4.94. The zero-order valence-corrected chi connectivity index (χ0v) is 16.0. The van der Waals surface area contributed by atoms with Crippen molar-refractivity contribution < 1.29 is 9.21 Å². The Hall–Kier alpha value is -4.32. The first-order valence-corrected chi connectivity index (χ1v) is 9.33. The first-order valence-electron chi connectivity index (χ1n) is 9.33. The van der Waals surface area contributed by atoms with Crippen molar-refractivity contribution in [3.8, 4) is 11.3 Å². The van der Waals surface area contributed by atoms with Crippen LogP contribution in [0.2, 0.25) is 0 Å². The number of furan rings is 1. The number of benzene rings is 3. The maximum Gasteiger partial charge on any atom is 0.271 e. The Morgan fingerprint density at radius 3 is 2.07 bits per heavy atom. The van der Waals surface area contributed by atoms with Crippen LogP contribution in [0.3, 0.4) is 0 Å². The summed E-state index contributed by atoms with van der Waals surface area (Å²) in [5.74, 6) is 0.947. The van der Waals surface area contributed by atoms with Gasteiger partial charge in [-0.15, -0.1) is 0 Å². The summed E-state index contributed by atoms with van der Waals surface area (Å²) < 4.78 is 5.77. The van der Waals surface area contributed by atoms with Crippen molar-refractivity contribution in [3.63, 3.8) is 0 Å². The Balaban J connectivity index is 1.37. The highest BCUT2D eigenvalue weighted by Crippen LogP contribution is 2.25. The number of rotatable bonds is 6. The van der Waals surface area contributed by atoms with Gasteiger partial charge in [0.2, 0.25) is 0 Å². The lowest BCUT2D eigenvalue weighted by Crippen LogP contribution is -2.17. The molecule has 0 saturated carbocycles. The lowest BCUT2D eigenvalue weighted by Gasteiger charge is -1.98. The van der Waals surface area contributed by atoms with Crippen LogP contribution in [0.25, 0.3) is 11.3 Å². The number of hydrazone groups is 1. The van der Waals surface area contributed by atoms with Crippen LogP contribution in [0.4, 0.5) is 11.4 Å². The molecular weight excluding hydrogens is 376 g/mol. The van der Waals surface area contributed by atoms with E-state index in [9.17, 15) is 4.79 Å². The van der Waals surface area contributed by atoms with Crippen molar-refractivity contribution in [2.45, 2.75) is 0 Å². The minimum absolute atomic E-state index is 0.279. The van der Waals surface area contributed by atoms with Gasteiger partial charge >= 0.3 is 0 Å². The number of nitrogens with zero attached hydrogens (tertiary/aromatic N) is 3. The molecule has 0 unspecified atom stereocenters. The highest BCUT2D eigenvalue weighted by Gasteiger charge is 2.05. The van der Waals surface area contributed by atoms with E-state index in [-0.39, 0.29) is 5.91 Å². The van der Waals surface area contributed by atoms with Crippen LogP contribution >= 0.6 is 0 Å². The second kappa shape index (κ2) is 9.25. The maximum atomic E-state index is 12.0. The summed E-state index contributed by atoms with van der Waals surface area (Å²) in [4.78, 5) is 12.0. The predicted molar refractivity (Wildman–Crippen MR) is 116 cm³/mol. The molecule has 0 atom stereocenters. The van der Waals surface area contributed by atoms with Crippen molar-refractivity contribution in [2.24, 2.45) is 15.3 Å². The molecule has 0 aliphatic heterocycles. The third-order valence-corrected chi connectivity index (χ3v) is 4.21. The number of azo groups is 1. The van der Waals surface area contributed by atoms with Gasteiger partial charge in [0, 0.05) is 11.1 Å². The molecule has 6 nitrogen and oxygen atoms in total. The van der Waals surface area contributed by atoms with Gasteiger partial charge in [0.1, 0.15) is 11.5 Å². The Kier molecular flexibility index (Phi) is 5.86. The molecule has 146 valence electrons. The summed E-state index contributed by atoms with van der Waals surface area (Å²) in [6, 6.07) is 29.7. The summed E-state index contributed by atoms with van der Waals surface area (Å²) in [7, 11) is 0. The number of carbonyl (C=O) groups excluding carboxylic acids is 1. The molecular formula is C24H18N4O2. The fourth-order valence-corrected chi connectivity index (χ4v) is 2.69. The van der Waals surface area contributed by atoms with Crippen molar-refractivity contribution in [3.05, 3.63) is 108 Å².